The standard InChI is InChI=1S/C24H23ClFN3O2/c1-14-28-21-18(25)11-16-12-19(23(30)27-13-15-6-5-7-17(26)10-15)31-22(16)20(21)24(29-14)8-3-2-4-9-24/h5-7,10-12,28-29H,1-4,8-9,13H2,(H,27,30). The summed E-state index contributed by atoms with van der Waals surface area (Å²) >= 11 is 6.62. The number of fused-ring (bicyclic) bond motifs is 4. The summed E-state index contributed by atoms with van der Waals surface area (Å²) in [6, 6.07) is 9.66. The van der Waals surface area contributed by atoms with Crippen LogP contribution in [0.15, 0.2) is 53.2 Å². The van der Waals surface area contributed by atoms with Crippen LogP contribution in [0, 0.1) is 5.82 Å². The number of hydrogen-bond acceptors (Lipinski definition) is 4. The van der Waals surface area contributed by atoms with E-state index in [-0.39, 0.29) is 29.6 Å². The molecule has 1 aliphatic carbocycles. The molecule has 1 amide bonds. The zero-order chi connectivity index (χ0) is 21.6. The van der Waals surface area contributed by atoms with E-state index in [9.17, 15) is 9.18 Å². The largest absolute Gasteiger partial charge is 0.450 e. The van der Waals surface area contributed by atoms with E-state index in [0.29, 0.717) is 16.2 Å². The predicted molar refractivity (Wildman–Crippen MR) is 119 cm³/mol. The third-order valence-electron chi connectivity index (χ3n) is 6.18. The minimum atomic E-state index is -0.357. The van der Waals surface area contributed by atoms with Gasteiger partial charge in [-0.15, -0.1) is 0 Å². The van der Waals surface area contributed by atoms with Gasteiger partial charge in [-0.05, 0) is 42.7 Å². The molecule has 7 heteroatoms. The number of carbonyl (C=O) groups excluding carboxylic acids is 1. The summed E-state index contributed by atoms with van der Waals surface area (Å²) in [6.45, 7) is 4.28. The number of benzene rings is 2. The van der Waals surface area contributed by atoms with E-state index in [2.05, 4.69) is 22.5 Å². The van der Waals surface area contributed by atoms with Crippen LogP contribution in [0.2, 0.25) is 5.02 Å². The number of amides is 1. The minimum Gasteiger partial charge on any atom is -0.450 e. The van der Waals surface area contributed by atoms with Crippen LogP contribution in [-0.4, -0.2) is 5.91 Å². The molecular weight excluding hydrogens is 417 g/mol. The normalized spacial score (nSPS) is 17.2. The summed E-state index contributed by atoms with van der Waals surface area (Å²) in [6.07, 6.45) is 5.26. The van der Waals surface area contributed by atoms with Gasteiger partial charge in [-0.1, -0.05) is 49.6 Å². The van der Waals surface area contributed by atoms with Crippen LogP contribution in [0.25, 0.3) is 11.0 Å². The summed E-state index contributed by atoms with van der Waals surface area (Å²) in [5.74, 6) is 0.224. The van der Waals surface area contributed by atoms with Gasteiger partial charge in [-0.25, -0.2) is 4.39 Å². The lowest BCUT2D eigenvalue weighted by Gasteiger charge is -2.44. The molecule has 3 aromatic rings. The molecule has 31 heavy (non-hydrogen) atoms. The lowest BCUT2D eigenvalue weighted by Crippen LogP contribution is -2.48. The van der Waals surface area contributed by atoms with Gasteiger partial charge in [0.15, 0.2) is 5.76 Å². The smallest absolute Gasteiger partial charge is 0.287 e. The maximum absolute atomic E-state index is 13.4. The number of anilines is 1. The van der Waals surface area contributed by atoms with Gasteiger partial charge in [0, 0.05) is 17.5 Å². The second kappa shape index (κ2) is 7.61. The Labute approximate surface area is 184 Å². The SMILES string of the molecule is C=C1Nc2c(Cl)cc3cc(C(=O)NCc4cccc(F)c4)oc3c2C2(CCCCC2)N1. The second-order valence-electron chi connectivity index (χ2n) is 8.32. The molecule has 160 valence electrons. The van der Waals surface area contributed by atoms with Crippen LogP contribution in [0.3, 0.4) is 0 Å². The minimum absolute atomic E-state index is 0.200. The van der Waals surface area contributed by atoms with E-state index in [0.717, 1.165) is 48.1 Å². The molecule has 1 aliphatic heterocycles. The summed E-state index contributed by atoms with van der Waals surface area (Å²) < 4.78 is 19.5. The first-order valence-corrected chi connectivity index (χ1v) is 10.9. The van der Waals surface area contributed by atoms with Crippen LogP contribution in [0.1, 0.15) is 53.8 Å². The number of halogens is 2. The molecule has 2 heterocycles. The van der Waals surface area contributed by atoms with Gasteiger partial charge in [-0.3, -0.25) is 4.79 Å². The maximum Gasteiger partial charge on any atom is 0.287 e. The third-order valence-corrected chi connectivity index (χ3v) is 6.47. The molecule has 1 saturated carbocycles. The van der Waals surface area contributed by atoms with Gasteiger partial charge in [-0.2, -0.15) is 0 Å². The zero-order valence-electron chi connectivity index (χ0n) is 17.0. The average Bonchev–Trinajstić information content (AvgIpc) is 3.16. The lowest BCUT2D eigenvalue weighted by molar-refractivity contribution is 0.0925. The Balaban J connectivity index is 1.52. The number of hydrogen-bond donors (Lipinski definition) is 3. The Morgan fingerprint density at radius 2 is 2.03 bits per heavy atom. The predicted octanol–water partition coefficient (Wildman–Crippen LogP) is 5.80. The van der Waals surface area contributed by atoms with Crippen molar-refractivity contribution in [3.63, 3.8) is 0 Å². The highest BCUT2D eigenvalue weighted by Crippen LogP contribution is 2.49. The molecule has 0 saturated heterocycles. The van der Waals surface area contributed by atoms with Crippen LogP contribution in [-0.2, 0) is 12.1 Å². The molecule has 1 fully saturated rings. The highest BCUT2D eigenvalue weighted by Gasteiger charge is 2.42. The van der Waals surface area contributed by atoms with Crippen molar-refractivity contribution in [2.75, 3.05) is 5.32 Å². The van der Waals surface area contributed by atoms with Crippen molar-refractivity contribution in [2.24, 2.45) is 0 Å². The van der Waals surface area contributed by atoms with Crippen LogP contribution in [0.4, 0.5) is 10.1 Å². The summed E-state index contributed by atoms with van der Waals surface area (Å²) in [4.78, 5) is 12.8. The fraction of sp³-hybridized carbons (Fsp3) is 0.292. The topological polar surface area (TPSA) is 66.3 Å². The van der Waals surface area contributed by atoms with E-state index < -0.39 is 0 Å². The van der Waals surface area contributed by atoms with Gasteiger partial charge < -0.3 is 20.4 Å². The first-order chi connectivity index (χ1) is 14.9. The van der Waals surface area contributed by atoms with E-state index in [1.807, 2.05) is 6.07 Å². The lowest BCUT2D eigenvalue weighted by atomic mass is 9.74. The Kier molecular flexibility index (Phi) is 4.89. The number of carbonyl (C=O) groups is 1. The quantitative estimate of drug-likeness (QED) is 0.482. The molecule has 2 aromatic carbocycles. The van der Waals surface area contributed by atoms with Crippen molar-refractivity contribution in [3.8, 4) is 0 Å². The van der Waals surface area contributed by atoms with E-state index >= 15 is 0 Å². The number of nitrogens with one attached hydrogen (secondary N) is 3. The molecule has 5 nitrogen and oxygen atoms in total. The van der Waals surface area contributed by atoms with Crippen molar-refractivity contribution in [1.29, 1.82) is 0 Å². The molecule has 0 radical (unpaired) electrons. The van der Waals surface area contributed by atoms with Crippen LogP contribution < -0.4 is 16.0 Å². The molecule has 1 spiro atoms. The third kappa shape index (κ3) is 3.55. The average molecular weight is 440 g/mol. The Hall–Kier alpha value is -2.99. The summed E-state index contributed by atoms with van der Waals surface area (Å²) in [7, 11) is 0. The van der Waals surface area contributed by atoms with Crippen molar-refractivity contribution in [1.82, 2.24) is 10.6 Å². The van der Waals surface area contributed by atoms with Crippen molar-refractivity contribution in [2.45, 2.75) is 44.2 Å². The summed E-state index contributed by atoms with van der Waals surface area (Å²) in [5.41, 5.74) is 2.78. The molecule has 0 atom stereocenters. The number of rotatable bonds is 3. The molecular formula is C24H23ClFN3O2. The maximum atomic E-state index is 13.4. The van der Waals surface area contributed by atoms with Crippen molar-refractivity contribution in [3.05, 3.63) is 76.5 Å². The molecule has 2 aliphatic rings. The Morgan fingerprint density at radius 1 is 1.23 bits per heavy atom. The highest BCUT2D eigenvalue weighted by molar-refractivity contribution is 6.34. The fourth-order valence-corrected chi connectivity index (χ4v) is 5.08. The highest BCUT2D eigenvalue weighted by atomic mass is 35.5. The van der Waals surface area contributed by atoms with Crippen LogP contribution >= 0.6 is 11.6 Å². The summed E-state index contributed by atoms with van der Waals surface area (Å²) in [5, 5.41) is 10.9. The monoisotopic (exact) mass is 439 g/mol. The zero-order valence-corrected chi connectivity index (χ0v) is 17.7. The first-order valence-electron chi connectivity index (χ1n) is 10.5. The number of furan rings is 1. The Bertz CT molecular complexity index is 1200. The molecule has 0 bridgehead atoms. The van der Waals surface area contributed by atoms with E-state index in [1.165, 1.54) is 18.6 Å². The second-order valence-corrected chi connectivity index (χ2v) is 8.73. The molecule has 5 rings (SSSR count). The Morgan fingerprint density at radius 3 is 2.81 bits per heavy atom. The molecule has 1 aromatic heterocycles. The fourth-order valence-electron chi connectivity index (χ4n) is 4.82. The van der Waals surface area contributed by atoms with Gasteiger partial charge >= 0.3 is 0 Å². The molecule has 0 unspecified atom stereocenters. The van der Waals surface area contributed by atoms with Gasteiger partial charge in [0.1, 0.15) is 11.4 Å². The van der Waals surface area contributed by atoms with E-state index in [4.69, 9.17) is 16.0 Å². The molecule has 3 N–H and O–H groups in total. The van der Waals surface area contributed by atoms with Gasteiger partial charge in [0.05, 0.1) is 22.1 Å². The van der Waals surface area contributed by atoms with Crippen molar-refractivity contribution < 1.29 is 13.6 Å². The van der Waals surface area contributed by atoms with Gasteiger partial charge in [0.25, 0.3) is 5.91 Å². The van der Waals surface area contributed by atoms with Gasteiger partial charge in [0.2, 0.25) is 0 Å². The first kappa shape index (κ1) is 19.9. The van der Waals surface area contributed by atoms with E-state index in [1.54, 1.807) is 18.2 Å². The van der Waals surface area contributed by atoms with Crippen LogP contribution in [0.5, 0.6) is 0 Å². The van der Waals surface area contributed by atoms with Crippen molar-refractivity contribution >= 4 is 34.2 Å².